The number of rotatable bonds is 7. The molecular formula is C17H29N5. The fraction of sp³-hybridized carbons (Fsp3) is 0.647. The molecule has 122 valence electrons. The van der Waals surface area contributed by atoms with Crippen LogP contribution in [0.2, 0.25) is 0 Å². The zero-order valence-electron chi connectivity index (χ0n) is 14.3. The summed E-state index contributed by atoms with van der Waals surface area (Å²) in [4.78, 5) is 9.36. The number of amidine groups is 1. The van der Waals surface area contributed by atoms with Crippen LogP contribution in [0.25, 0.3) is 0 Å². The lowest BCUT2D eigenvalue weighted by atomic mass is 10.0. The number of imidazole rings is 1. The van der Waals surface area contributed by atoms with E-state index in [4.69, 9.17) is 10.7 Å². The van der Waals surface area contributed by atoms with Gasteiger partial charge in [0, 0.05) is 13.0 Å². The number of hydrogen-bond acceptors (Lipinski definition) is 4. The smallest absolute Gasteiger partial charge is 0.151 e. The number of allylic oxidation sites excluding steroid dienone is 1. The molecule has 0 saturated carbocycles. The van der Waals surface area contributed by atoms with Gasteiger partial charge in [0.1, 0.15) is 11.5 Å². The summed E-state index contributed by atoms with van der Waals surface area (Å²) in [5.74, 6) is 1.69. The molecule has 1 aromatic heterocycles. The predicted octanol–water partition coefficient (Wildman–Crippen LogP) is 2.91. The highest BCUT2D eigenvalue weighted by Gasteiger charge is 2.31. The zero-order valence-corrected chi connectivity index (χ0v) is 14.3. The Morgan fingerprint density at radius 2 is 2.00 bits per heavy atom. The van der Waals surface area contributed by atoms with E-state index in [0.29, 0.717) is 5.84 Å². The summed E-state index contributed by atoms with van der Waals surface area (Å²) in [7, 11) is 1.97. The Hall–Kier alpha value is -1.62. The van der Waals surface area contributed by atoms with Gasteiger partial charge in [0.25, 0.3) is 0 Å². The van der Waals surface area contributed by atoms with E-state index in [2.05, 4.69) is 28.7 Å². The van der Waals surface area contributed by atoms with Crippen LogP contribution in [0.5, 0.6) is 0 Å². The fourth-order valence-electron chi connectivity index (χ4n) is 3.00. The Labute approximate surface area is 133 Å². The first-order valence-electron chi connectivity index (χ1n) is 8.45. The lowest BCUT2D eigenvalue weighted by molar-refractivity contribution is 0.533. The van der Waals surface area contributed by atoms with Gasteiger partial charge in [0.05, 0.1) is 17.4 Å². The molecule has 22 heavy (non-hydrogen) atoms. The Morgan fingerprint density at radius 1 is 1.27 bits per heavy atom. The van der Waals surface area contributed by atoms with Crippen LogP contribution in [0, 0.1) is 0 Å². The molecule has 0 aliphatic carbocycles. The Morgan fingerprint density at radius 3 is 2.59 bits per heavy atom. The van der Waals surface area contributed by atoms with Gasteiger partial charge in [-0.3, -0.25) is 0 Å². The van der Waals surface area contributed by atoms with Crippen LogP contribution in [0.1, 0.15) is 69.7 Å². The average molecular weight is 303 g/mol. The minimum Gasteiger partial charge on any atom is -0.382 e. The highest BCUT2D eigenvalue weighted by atomic mass is 15.2. The molecule has 0 bridgehead atoms. The number of nitrogens with two attached hydrogens (primary N) is 1. The molecule has 1 atom stereocenters. The van der Waals surface area contributed by atoms with E-state index in [9.17, 15) is 0 Å². The van der Waals surface area contributed by atoms with Crippen molar-refractivity contribution in [3.63, 3.8) is 0 Å². The monoisotopic (exact) mass is 303 g/mol. The first-order chi connectivity index (χ1) is 10.7. The third-order valence-corrected chi connectivity index (χ3v) is 4.22. The van der Waals surface area contributed by atoms with Crippen LogP contribution in [-0.4, -0.2) is 22.4 Å². The number of fused-ring (bicyclic) bond motifs is 1. The van der Waals surface area contributed by atoms with Gasteiger partial charge in [-0.15, -0.1) is 0 Å². The highest BCUT2D eigenvalue weighted by Crippen LogP contribution is 2.31. The van der Waals surface area contributed by atoms with Crippen molar-refractivity contribution < 1.29 is 0 Å². The number of aliphatic imine (C=N–C) groups is 1. The maximum atomic E-state index is 6.17. The van der Waals surface area contributed by atoms with Gasteiger partial charge in [0.15, 0.2) is 5.84 Å². The summed E-state index contributed by atoms with van der Waals surface area (Å²) in [6.07, 6.45) is 7.68. The quantitative estimate of drug-likeness (QED) is 0.814. The van der Waals surface area contributed by atoms with Crippen LogP contribution in [0.4, 0.5) is 0 Å². The van der Waals surface area contributed by atoms with Gasteiger partial charge in [-0.05, 0) is 26.8 Å². The van der Waals surface area contributed by atoms with Crippen LogP contribution >= 0.6 is 0 Å². The molecule has 0 aromatic carbocycles. The number of aromatic nitrogens is 2. The first-order valence-corrected chi connectivity index (χ1v) is 8.45. The second kappa shape index (κ2) is 7.58. The number of aryl methyl sites for hydroxylation is 1. The predicted molar refractivity (Wildman–Crippen MR) is 92.0 cm³/mol. The number of likely N-dealkylation sites (N-methyl/N-ethyl adjacent to an activating group) is 1. The normalized spacial score (nSPS) is 19.4. The van der Waals surface area contributed by atoms with Crippen molar-refractivity contribution in [2.24, 2.45) is 10.7 Å². The summed E-state index contributed by atoms with van der Waals surface area (Å²) in [6.45, 7) is 7.44. The summed E-state index contributed by atoms with van der Waals surface area (Å²) < 4.78 is 2.38. The molecule has 0 radical (unpaired) electrons. The maximum absolute atomic E-state index is 6.17. The van der Waals surface area contributed by atoms with E-state index < -0.39 is 0 Å². The molecule has 0 spiro atoms. The second-order valence-corrected chi connectivity index (χ2v) is 5.80. The molecule has 0 fully saturated rings. The lowest BCUT2D eigenvalue weighted by Gasteiger charge is -2.24. The molecule has 5 heteroatoms. The van der Waals surface area contributed by atoms with E-state index in [0.717, 1.165) is 43.0 Å². The standard InChI is InChI=1S/C17H29N5/c1-5-8-10-13-21-15-16(22(13)11-9-6-2)14(19-4)12(7-3)20-17(15)18/h7,14,19H,5-6,8-11H2,1-4H3,(H2,18,20)/b12-7+. The molecule has 0 saturated heterocycles. The van der Waals surface area contributed by atoms with Gasteiger partial charge in [0.2, 0.25) is 0 Å². The largest absolute Gasteiger partial charge is 0.382 e. The minimum absolute atomic E-state index is 0.0760. The molecule has 1 aromatic rings. The molecule has 1 unspecified atom stereocenters. The third-order valence-electron chi connectivity index (χ3n) is 4.22. The topological polar surface area (TPSA) is 68.2 Å². The van der Waals surface area contributed by atoms with Crippen molar-refractivity contribution in [2.75, 3.05) is 7.05 Å². The SMILES string of the molecule is C/C=C1/N=C(N)c2nc(CCCC)n(CCCC)c2C1NC. The molecule has 2 heterocycles. The van der Waals surface area contributed by atoms with Gasteiger partial charge >= 0.3 is 0 Å². The second-order valence-electron chi connectivity index (χ2n) is 5.80. The van der Waals surface area contributed by atoms with Crippen molar-refractivity contribution in [1.29, 1.82) is 0 Å². The van der Waals surface area contributed by atoms with Gasteiger partial charge in [-0.2, -0.15) is 0 Å². The van der Waals surface area contributed by atoms with Crippen LogP contribution in [-0.2, 0) is 13.0 Å². The van der Waals surface area contributed by atoms with E-state index in [1.807, 2.05) is 20.0 Å². The maximum Gasteiger partial charge on any atom is 0.151 e. The zero-order chi connectivity index (χ0) is 16.1. The number of unbranched alkanes of at least 4 members (excludes halogenated alkanes) is 2. The first kappa shape index (κ1) is 16.7. The van der Waals surface area contributed by atoms with E-state index in [-0.39, 0.29) is 6.04 Å². The highest BCUT2D eigenvalue weighted by molar-refractivity contribution is 5.99. The van der Waals surface area contributed by atoms with Crippen LogP contribution in [0.3, 0.4) is 0 Å². The molecule has 2 rings (SSSR count). The van der Waals surface area contributed by atoms with Crippen molar-refractivity contribution in [3.8, 4) is 0 Å². The molecular weight excluding hydrogens is 274 g/mol. The van der Waals surface area contributed by atoms with Gasteiger partial charge < -0.3 is 15.6 Å². The molecule has 5 nitrogen and oxygen atoms in total. The number of hydrogen-bond donors (Lipinski definition) is 2. The van der Waals surface area contributed by atoms with Gasteiger partial charge in [-0.1, -0.05) is 32.8 Å². The van der Waals surface area contributed by atoms with Crippen LogP contribution < -0.4 is 11.1 Å². The van der Waals surface area contributed by atoms with Crippen molar-refractivity contribution in [1.82, 2.24) is 14.9 Å². The number of nitrogens with zero attached hydrogens (tertiary/aromatic N) is 3. The third kappa shape index (κ3) is 3.09. The van der Waals surface area contributed by atoms with E-state index in [1.54, 1.807) is 0 Å². The number of nitrogens with one attached hydrogen (secondary N) is 1. The Kier molecular flexibility index (Phi) is 5.77. The minimum atomic E-state index is 0.0760. The van der Waals surface area contributed by atoms with Crippen molar-refractivity contribution in [3.05, 3.63) is 29.0 Å². The summed E-state index contributed by atoms with van der Waals surface area (Å²) in [5, 5.41) is 3.38. The molecule has 1 aliphatic heterocycles. The summed E-state index contributed by atoms with van der Waals surface area (Å²) >= 11 is 0. The lowest BCUT2D eigenvalue weighted by Crippen LogP contribution is -2.30. The molecule has 1 aliphatic rings. The van der Waals surface area contributed by atoms with Crippen LogP contribution in [0.15, 0.2) is 16.8 Å². The average Bonchev–Trinajstić information content (AvgIpc) is 2.89. The Balaban J connectivity index is 2.52. The summed E-state index contributed by atoms with van der Waals surface area (Å²) in [6, 6.07) is 0.0760. The molecule has 3 N–H and O–H groups in total. The van der Waals surface area contributed by atoms with Crippen molar-refractivity contribution in [2.45, 2.75) is 65.5 Å². The van der Waals surface area contributed by atoms with E-state index >= 15 is 0 Å². The summed E-state index contributed by atoms with van der Waals surface area (Å²) in [5.41, 5.74) is 9.20. The van der Waals surface area contributed by atoms with E-state index in [1.165, 1.54) is 18.5 Å². The molecule has 0 amide bonds. The fourth-order valence-corrected chi connectivity index (χ4v) is 3.00. The Bertz CT molecular complexity index is 568. The van der Waals surface area contributed by atoms with Gasteiger partial charge in [-0.25, -0.2) is 9.98 Å². The van der Waals surface area contributed by atoms with Crippen molar-refractivity contribution >= 4 is 5.84 Å².